The molecule has 1 aromatic carbocycles. The van der Waals surface area contributed by atoms with Crippen LogP contribution in [0.3, 0.4) is 0 Å². The Bertz CT molecular complexity index is 619. The third kappa shape index (κ3) is 2.38. The molecule has 1 heterocycles. The van der Waals surface area contributed by atoms with Crippen molar-refractivity contribution in [2.75, 3.05) is 18.5 Å². The van der Waals surface area contributed by atoms with Crippen LogP contribution in [-0.2, 0) is 4.79 Å². The Kier molecular flexibility index (Phi) is 3.62. The molecule has 0 atom stereocenters. The van der Waals surface area contributed by atoms with Gasteiger partial charge in [-0.1, -0.05) is 17.7 Å². The van der Waals surface area contributed by atoms with Gasteiger partial charge in [0.2, 0.25) is 5.91 Å². The molecule has 0 aromatic heterocycles. The van der Waals surface area contributed by atoms with Gasteiger partial charge in [0.15, 0.2) is 0 Å². The Balaban J connectivity index is 2.14. The molecule has 0 spiro atoms. The van der Waals surface area contributed by atoms with Crippen LogP contribution in [0.15, 0.2) is 34.8 Å². The smallest absolute Gasteiger partial charge is 0.248 e. The number of amides is 1. The van der Waals surface area contributed by atoms with Gasteiger partial charge >= 0.3 is 0 Å². The number of benzene rings is 1. The summed E-state index contributed by atoms with van der Waals surface area (Å²) in [6, 6.07) is 5.64. The van der Waals surface area contributed by atoms with Crippen molar-refractivity contribution in [2.24, 2.45) is 4.99 Å². The van der Waals surface area contributed by atoms with Crippen LogP contribution in [0.25, 0.3) is 0 Å². The van der Waals surface area contributed by atoms with Gasteiger partial charge in [0.25, 0.3) is 0 Å². The predicted octanol–water partition coefficient (Wildman–Crippen LogP) is 3.61. The molecule has 3 rings (SSSR count). The first-order chi connectivity index (χ1) is 9.66. The van der Waals surface area contributed by atoms with Crippen molar-refractivity contribution in [1.82, 2.24) is 0 Å². The molecule has 1 aliphatic carbocycles. The van der Waals surface area contributed by atoms with E-state index in [0.29, 0.717) is 5.02 Å². The van der Waals surface area contributed by atoms with Crippen LogP contribution in [0, 0.1) is 0 Å². The fraction of sp³-hybridized carbons (Fsp3) is 0.375. The number of halogens is 1. The molecule has 0 radical (unpaired) electrons. The number of anilines is 1. The van der Waals surface area contributed by atoms with Crippen molar-refractivity contribution >= 4 is 28.9 Å². The number of benzodiazepines with no additional fused rings is 1. The summed E-state index contributed by atoms with van der Waals surface area (Å²) in [6.45, 7) is 0.204. The molecule has 0 unspecified atom stereocenters. The van der Waals surface area contributed by atoms with Crippen LogP contribution < -0.4 is 4.90 Å². The number of rotatable bonds is 1. The Hall–Kier alpha value is -1.61. The molecule has 1 aliphatic heterocycles. The molecule has 0 saturated heterocycles. The van der Waals surface area contributed by atoms with Crippen LogP contribution in [0.1, 0.15) is 31.2 Å². The van der Waals surface area contributed by atoms with E-state index in [1.165, 1.54) is 18.4 Å². The molecule has 3 nitrogen and oxygen atoms in total. The van der Waals surface area contributed by atoms with E-state index >= 15 is 0 Å². The minimum atomic E-state index is 0.0139. The predicted molar refractivity (Wildman–Crippen MR) is 82.8 cm³/mol. The zero-order valence-corrected chi connectivity index (χ0v) is 12.3. The molecule has 1 amide bonds. The number of carbonyl (C=O) groups excluding carboxylic acids is 1. The van der Waals surface area contributed by atoms with Crippen molar-refractivity contribution in [3.63, 3.8) is 0 Å². The van der Waals surface area contributed by atoms with E-state index in [0.717, 1.165) is 29.8 Å². The summed E-state index contributed by atoms with van der Waals surface area (Å²) in [5.74, 6) is 0.0139. The summed E-state index contributed by atoms with van der Waals surface area (Å²) in [4.78, 5) is 18.3. The van der Waals surface area contributed by atoms with Gasteiger partial charge in [-0.25, -0.2) is 0 Å². The summed E-state index contributed by atoms with van der Waals surface area (Å²) >= 11 is 6.14. The second-order valence-electron chi connectivity index (χ2n) is 5.25. The van der Waals surface area contributed by atoms with Crippen LogP contribution in [0.5, 0.6) is 0 Å². The van der Waals surface area contributed by atoms with Crippen molar-refractivity contribution in [3.8, 4) is 0 Å². The van der Waals surface area contributed by atoms with E-state index in [2.05, 4.69) is 11.1 Å². The third-order valence-electron chi connectivity index (χ3n) is 3.92. The van der Waals surface area contributed by atoms with Crippen LogP contribution in [-0.4, -0.2) is 25.2 Å². The molecule has 4 heteroatoms. The number of likely N-dealkylation sites (N-methyl/N-ethyl adjacent to an activating group) is 1. The summed E-state index contributed by atoms with van der Waals surface area (Å²) in [7, 11) is 1.79. The van der Waals surface area contributed by atoms with E-state index in [1.807, 2.05) is 18.2 Å². The second kappa shape index (κ2) is 5.41. The molecule has 104 valence electrons. The Morgan fingerprint density at radius 2 is 2.15 bits per heavy atom. The lowest BCUT2D eigenvalue weighted by Crippen LogP contribution is -2.27. The Labute approximate surface area is 123 Å². The quantitative estimate of drug-likeness (QED) is 0.777. The first-order valence-electron chi connectivity index (χ1n) is 6.97. The molecular formula is C16H17ClN2O. The number of nitrogens with zero attached hydrogens (tertiary/aromatic N) is 2. The number of hydrogen-bond acceptors (Lipinski definition) is 2. The third-order valence-corrected chi connectivity index (χ3v) is 4.15. The number of fused-ring (bicyclic) bond motifs is 1. The lowest BCUT2D eigenvalue weighted by molar-refractivity contribution is -0.116. The molecule has 0 fully saturated rings. The first kappa shape index (κ1) is 13.4. The number of allylic oxidation sites excluding steroid dienone is 2. The van der Waals surface area contributed by atoms with Gasteiger partial charge in [-0.3, -0.25) is 9.79 Å². The van der Waals surface area contributed by atoms with E-state index in [9.17, 15) is 4.79 Å². The van der Waals surface area contributed by atoms with Gasteiger partial charge in [-0.2, -0.15) is 0 Å². The minimum absolute atomic E-state index is 0.0139. The fourth-order valence-corrected chi connectivity index (χ4v) is 2.96. The maximum Gasteiger partial charge on any atom is 0.248 e. The highest BCUT2D eigenvalue weighted by atomic mass is 35.5. The zero-order valence-electron chi connectivity index (χ0n) is 11.5. The molecule has 2 aliphatic rings. The molecule has 0 bridgehead atoms. The lowest BCUT2D eigenvalue weighted by Gasteiger charge is -2.20. The summed E-state index contributed by atoms with van der Waals surface area (Å²) in [5.41, 5.74) is 4.06. The van der Waals surface area contributed by atoms with Gasteiger partial charge in [-0.15, -0.1) is 0 Å². The average molecular weight is 289 g/mol. The normalized spacial score (nSPS) is 19.1. The summed E-state index contributed by atoms with van der Waals surface area (Å²) in [6.07, 6.45) is 6.79. The number of carbonyl (C=O) groups is 1. The number of aliphatic imine (C=N–C) groups is 1. The molecule has 0 saturated carbocycles. The first-order valence-corrected chi connectivity index (χ1v) is 7.35. The van der Waals surface area contributed by atoms with E-state index in [-0.39, 0.29) is 12.5 Å². The summed E-state index contributed by atoms with van der Waals surface area (Å²) < 4.78 is 0. The van der Waals surface area contributed by atoms with E-state index in [1.54, 1.807) is 11.9 Å². The fourth-order valence-electron chi connectivity index (χ4n) is 2.79. The van der Waals surface area contributed by atoms with Gasteiger partial charge < -0.3 is 4.90 Å². The highest BCUT2D eigenvalue weighted by molar-refractivity contribution is 6.32. The standard InChI is InChI=1S/C16H17ClN2O/c1-19-14-8-7-12(17)9-13(14)16(18-10-15(19)20)11-5-3-2-4-6-11/h5,7-9H,2-4,6,10H2,1H3. The minimum Gasteiger partial charge on any atom is -0.313 e. The SMILES string of the molecule is CN1C(=O)CN=C(C2=CCCCC2)c2cc(Cl)ccc21. The Morgan fingerprint density at radius 1 is 1.30 bits per heavy atom. The molecular weight excluding hydrogens is 272 g/mol. The topological polar surface area (TPSA) is 32.7 Å². The summed E-state index contributed by atoms with van der Waals surface area (Å²) in [5, 5.41) is 0.676. The van der Waals surface area contributed by atoms with Crippen molar-refractivity contribution in [2.45, 2.75) is 25.7 Å². The van der Waals surface area contributed by atoms with Crippen LogP contribution in [0.2, 0.25) is 5.02 Å². The maximum absolute atomic E-state index is 12.1. The monoisotopic (exact) mass is 288 g/mol. The van der Waals surface area contributed by atoms with Crippen LogP contribution in [0.4, 0.5) is 5.69 Å². The van der Waals surface area contributed by atoms with Gasteiger partial charge in [0, 0.05) is 17.6 Å². The van der Waals surface area contributed by atoms with Gasteiger partial charge in [-0.05, 0) is 49.5 Å². The maximum atomic E-state index is 12.1. The van der Waals surface area contributed by atoms with Crippen molar-refractivity contribution in [3.05, 3.63) is 40.4 Å². The Morgan fingerprint density at radius 3 is 2.90 bits per heavy atom. The lowest BCUT2D eigenvalue weighted by atomic mass is 9.91. The van der Waals surface area contributed by atoms with Gasteiger partial charge in [0.1, 0.15) is 6.54 Å². The van der Waals surface area contributed by atoms with Crippen molar-refractivity contribution in [1.29, 1.82) is 0 Å². The van der Waals surface area contributed by atoms with E-state index in [4.69, 9.17) is 11.6 Å². The molecule has 1 aromatic rings. The average Bonchev–Trinajstić information content (AvgIpc) is 2.58. The molecule has 20 heavy (non-hydrogen) atoms. The van der Waals surface area contributed by atoms with E-state index < -0.39 is 0 Å². The zero-order chi connectivity index (χ0) is 14.1. The highest BCUT2D eigenvalue weighted by Gasteiger charge is 2.24. The van der Waals surface area contributed by atoms with Crippen molar-refractivity contribution < 1.29 is 4.79 Å². The largest absolute Gasteiger partial charge is 0.313 e. The van der Waals surface area contributed by atoms with Crippen LogP contribution >= 0.6 is 11.6 Å². The second-order valence-corrected chi connectivity index (χ2v) is 5.69. The highest BCUT2D eigenvalue weighted by Crippen LogP contribution is 2.31. The number of hydrogen-bond donors (Lipinski definition) is 0. The van der Waals surface area contributed by atoms with Gasteiger partial charge in [0.05, 0.1) is 11.4 Å². The molecule has 0 N–H and O–H groups in total.